The highest BCUT2D eigenvalue weighted by Crippen LogP contribution is 2.26. The van der Waals surface area contributed by atoms with Crippen LogP contribution < -0.4 is 5.73 Å². The van der Waals surface area contributed by atoms with E-state index in [1.165, 1.54) is 44.1 Å². The molecule has 0 saturated heterocycles. The van der Waals surface area contributed by atoms with Gasteiger partial charge in [0.1, 0.15) is 0 Å². The first kappa shape index (κ1) is 9.79. The van der Waals surface area contributed by atoms with E-state index in [1.54, 1.807) is 0 Å². The zero-order valence-electron chi connectivity index (χ0n) is 8.18. The van der Waals surface area contributed by atoms with Crippen LogP contribution in [-0.4, -0.2) is 6.04 Å². The quantitative estimate of drug-likeness (QED) is 0.496. The lowest BCUT2D eigenvalue weighted by Crippen LogP contribution is -2.21. The van der Waals surface area contributed by atoms with Gasteiger partial charge >= 0.3 is 0 Å². The van der Waals surface area contributed by atoms with Gasteiger partial charge in [-0.25, -0.2) is 0 Å². The minimum atomic E-state index is 0.455. The molecular formula is C11H21N. The maximum absolute atomic E-state index is 5.97. The minimum Gasteiger partial charge on any atom is -0.328 e. The van der Waals surface area contributed by atoms with Crippen molar-refractivity contribution in [3.05, 3.63) is 12.2 Å². The van der Waals surface area contributed by atoms with Gasteiger partial charge in [0, 0.05) is 6.04 Å². The molecule has 1 rings (SSSR count). The van der Waals surface area contributed by atoms with Crippen LogP contribution in [0.15, 0.2) is 12.2 Å². The highest BCUT2D eigenvalue weighted by atomic mass is 14.6. The molecule has 0 aromatic rings. The molecule has 1 aliphatic rings. The number of rotatable bonds is 2. The standard InChI is InChI=1S/C11H21N/c1-9(2)7-10-5-3-4-6-11(12)8-10/h10-11H,1,3-8,12H2,2H3. The second-order valence-corrected chi connectivity index (χ2v) is 4.31. The molecule has 0 heterocycles. The van der Waals surface area contributed by atoms with Crippen molar-refractivity contribution in [3.8, 4) is 0 Å². The van der Waals surface area contributed by atoms with E-state index in [0.717, 1.165) is 5.92 Å². The number of hydrogen-bond donors (Lipinski definition) is 1. The van der Waals surface area contributed by atoms with E-state index < -0.39 is 0 Å². The van der Waals surface area contributed by atoms with Crippen LogP contribution >= 0.6 is 0 Å². The number of hydrogen-bond acceptors (Lipinski definition) is 1. The smallest absolute Gasteiger partial charge is 0.00415 e. The topological polar surface area (TPSA) is 26.0 Å². The molecule has 1 nitrogen and oxygen atoms in total. The predicted molar refractivity (Wildman–Crippen MR) is 54.0 cm³/mol. The van der Waals surface area contributed by atoms with E-state index in [9.17, 15) is 0 Å². The lowest BCUT2D eigenvalue weighted by atomic mass is 9.92. The van der Waals surface area contributed by atoms with Crippen LogP contribution in [-0.2, 0) is 0 Å². The van der Waals surface area contributed by atoms with Crippen molar-refractivity contribution in [1.29, 1.82) is 0 Å². The van der Waals surface area contributed by atoms with Gasteiger partial charge in [-0.05, 0) is 32.1 Å². The van der Waals surface area contributed by atoms with Crippen LogP contribution in [0.2, 0.25) is 0 Å². The Morgan fingerprint density at radius 1 is 1.42 bits per heavy atom. The predicted octanol–water partition coefficient (Wildman–Crippen LogP) is 2.86. The lowest BCUT2D eigenvalue weighted by Gasteiger charge is -2.16. The zero-order chi connectivity index (χ0) is 8.97. The molecular weight excluding hydrogens is 146 g/mol. The van der Waals surface area contributed by atoms with Crippen LogP contribution in [0.5, 0.6) is 0 Å². The van der Waals surface area contributed by atoms with Crippen molar-refractivity contribution < 1.29 is 0 Å². The number of nitrogens with two attached hydrogens (primary N) is 1. The fourth-order valence-electron chi connectivity index (χ4n) is 2.18. The molecule has 0 amide bonds. The van der Waals surface area contributed by atoms with Gasteiger partial charge in [-0.1, -0.05) is 24.8 Å². The Balaban J connectivity index is 2.35. The molecule has 2 atom stereocenters. The Hall–Kier alpha value is -0.300. The second-order valence-electron chi connectivity index (χ2n) is 4.31. The van der Waals surface area contributed by atoms with Gasteiger partial charge in [0.05, 0.1) is 0 Å². The minimum absolute atomic E-state index is 0.455. The maximum atomic E-state index is 5.97. The Kier molecular flexibility index (Phi) is 3.80. The molecule has 1 heteroatoms. The van der Waals surface area contributed by atoms with Gasteiger partial charge in [-0.15, -0.1) is 6.58 Å². The lowest BCUT2D eigenvalue weighted by molar-refractivity contribution is 0.430. The second kappa shape index (κ2) is 4.66. The largest absolute Gasteiger partial charge is 0.328 e. The molecule has 0 aliphatic heterocycles. The fraction of sp³-hybridized carbons (Fsp3) is 0.818. The van der Waals surface area contributed by atoms with Crippen LogP contribution in [0.4, 0.5) is 0 Å². The van der Waals surface area contributed by atoms with Crippen molar-refractivity contribution >= 4 is 0 Å². The Morgan fingerprint density at radius 3 is 2.75 bits per heavy atom. The van der Waals surface area contributed by atoms with E-state index in [0.29, 0.717) is 6.04 Å². The summed E-state index contributed by atoms with van der Waals surface area (Å²) in [5.74, 6) is 0.819. The summed E-state index contributed by atoms with van der Waals surface area (Å²) in [6.07, 6.45) is 7.69. The van der Waals surface area contributed by atoms with E-state index in [-0.39, 0.29) is 0 Å². The molecule has 1 saturated carbocycles. The molecule has 1 aliphatic carbocycles. The molecule has 0 radical (unpaired) electrons. The van der Waals surface area contributed by atoms with Crippen LogP contribution in [0.1, 0.15) is 45.4 Å². The molecule has 1 fully saturated rings. The third-order valence-electron chi connectivity index (χ3n) is 2.71. The highest BCUT2D eigenvalue weighted by molar-refractivity contribution is 4.91. The molecule has 0 aromatic carbocycles. The molecule has 70 valence electrons. The number of allylic oxidation sites excluding steroid dienone is 1. The summed E-state index contributed by atoms with van der Waals surface area (Å²) in [5.41, 5.74) is 7.29. The summed E-state index contributed by atoms with van der Waals surface area (Å²) in [6, 6.07) is 0.455. The highest BCUT2D eigenvalue weighted by Gasteiger charge is 2.16. The van der Waals surface area contributed by atoms with E-state index >= 15 is 0 Å². The Labute approximate surface area is 76.0 Å². The summed E-state index contributed by atoms with van der Waals surface area (Å²) in [4.78, 5) is 0. The summed E-state index contributed by atoms with van der Waals surface area (Å²) >= 11 is 0. The summed E-state index contributed by atoms with van der Waals surface area (Å²) < 4.78 is 0. The fourth-order valence-corrected chi connectivity index (χ4v) is 2.18. The Bertz CT molecular complexity index is 151. The van der Waals surface area contributed by atoms with Gasteiger partial charge in [0.15, 0.2) is 0 Å². The average Bonchev–Trinajstić information content (AvgIpc) is 2.12. The monoisotopic (exact) mass is 167 g/mol. The molecule has 12 heavy (non-hydrogen) atoms. The first-order valence-corrected chi connectivity index (χ1v) is 5.08. The van der Waals surface area contributed by atoms with Gasteiger partial charge in [-0.3, -0.25) is 0 Å². The first-order valence-electron chi connectivity index (χ1n) is 5.08. The van der Waals surface area contributed by atoms with Gasteiger partial charge < -0.3 is 5.73 Å². The third-order valence-corrected chi connectivity index (χ3v) is 2.71. The van der Waals surface area contributed by atoms with Crippen molar-refractivity contribution in [1.82, 2.24) is 0 Å². The molecule has 0 aromatic heterocycles. The van der Waals surface area contributed by atoms with E-state index in [2.05, 4.69) is 13.5 Å². The summed E-state index contributed by atoms with van der Waals surface area (Å²) in [5, 5.41) is 0. The van der Waals surface area contributed by atoms with Crippen LogP contribution in [0.25, 0.3) is 0 Å². The zero-order valence-corrected chi connectivity index (χ0v) is 8.18. The molecule has 0 spiro atoms. The van der Waals surface area contributed by atoms with Gasteiger partial charge in [-0.2, -0.15) is 0 Å². The maximum Gasteiger partial charge on any atom is 0.00415 e. The van der Waals surface area contributed by atoms with Crippen LogP contribution in [0, 0.1) is 5.92 Å². The van der Waals surface area contributed by atoms with Crippen molar-refractivity contribution in [3.63, 3.8) is 0 Å². The average molecular weight is 167 g/mol. The summed E-state index contributed by atoms with van der Waals surface area (Å²) in [7, 11) is 0. The molecule has 2 unspecified atom stereocenters. The molecule has 2 N–H and O–H groups in total. The van der Waals surface area contributed by atoms with Crippen molar-refractivity contribution in [2.45, 2.75) is 51.5 Å². The molecule has 0 bridgehead atoms. The van der Waals surface area contributed by atoms with Gasteiger partial charge in [0.25, 0.3) is 0 Å². The SMILES string of the molecule is C=C(C)CC1CCCCC(N)C1. The normalized spacial score (nSPS) is 31.2. The van der Waals surface area contributed by atoms with Crippen molar-refractivity contribution in [2.75, 3.05) is 0 Å². The Morgan fingerprint density at radius 2 is 2.08 bits per heavy atom. The van der Waals surface area contributed by atoms with Crippen LogP contribution in [0.3, 0.4) is 0 Å². The van der Waals surface area contributed by atoms with E-state index in [1.807, 2.05) is 0 Å². The van der Waals surface area contributed by atoms with Crippen molar-refractivity contribution in [2.24, 2.45) is 11.7 Å². The first-order chi connectivity index (χ1) is 5.68. The third kappa shape index (κ3) is 3.40. The van der Waals surface area contributed by atoms with E-state index in [4.69, 9.17) is 5.73 Å². The summed E-state index contributed by atoms with van der Waals surface area (Å²) in [6.45, 7) is 6.09. The van der Waals surface area contributed by atoms with Gasteiger partial charge in [0.2, 0.25) is 0 Å².